The zero-order valence-electron chi connectivity index (χ0n) is 16.7. The monoisotopic (exact) mass is 464 g/mol. The molecule has 4 rings (SSSR count). The summed E-state index contributed by atoms with van der Waals surface area (Å²) in [5.74, 6) is -0.555. The first kappa shape index (κ1) is 21.3. The van der Waals surface area contributed by atoms with Gasteiger partial charge in [0, 0.05) is 33.8 Å². The molecule has 0 aliphatic carbocycles. The van der Waals surface area contributed by atoms with Crippen LogP contribution < -0.4 is 10.6 Å². The average molecular weight is 465 g/mol. The summed E-state index contributed by atoms with van der Waals surface area (Å²) in [5.41, 5.74) is 2.72. The predicted octanol–water partition coefficient (Wildman–Crippen LogP) is 5.59. The van der Waals surface area contributed by atoms with Gasteiger partial charge in [0.15, 0.2) is 5.13 Å². The number of aromatic nitrogens is 1. The first-order valence-corrected chi connectivity index (χ1v) is 11.1. The van der Waals surface area contributed by atoms with E-state index in [2.05, 4.69) is 15.6 Å². The van der Waals surface area contributed by atoms with Crippen LogP contribution in [0.25, 0.3) is 11.3 Å². The van der Waals surface area contributed by atoms with Gasteiger partial charge in [0.05, 0.1) is 15.5 Å². The van der Waals surface area contributed by atoms with Crippen molar-refractivity contribution in [2.45, 2.75) is 6.92 Å². The number of hydrogen-bond acceptors (Lipinski definition) is 7. The molecule has 32 heavy (non-hydrogen) atoms. The zero-order valence-corrected chi connectivity index (χ0v) is 18.3. The Hall–Kier alpha value is -3.89. The lowest BCUT2D eigenvalue weighted by molar-refractivity contribution is -0.385. The summed E-state index contributed by atoms with van der Waals surface area (Å²) in [6.07, 6.45) is 0. The molecule has 160 valence electrons. The van der Waals surface area contributed by atoms with Crippen LogP contribution >= 0.6 is 22.7 Å². The molecule has 0 aliphatic heterocycles. The Bertz CT molecular complexity index is 1300. The third-order valence-electron chi connectivity index (χ3n) is 4.58. The Balaban J connectivity index is 1.42. The number of rotatable bonds is 6. The number of thiophene rings is 1. The number of thiazole rings is 1. The van der Waals surface area contributed by atoms with Gasteiger partial charge in [-0.25, -0.2) is 4.98 Å². The van der Waals surface area contributed by atoms with Gasteiger partial charge in [-0.05, 0) is 42.6 Å². The van der Waals surface area contributed by atoms with Gasteiger partial charge < -0.3 is 5.32 Å². The normalized spacial score (nSPS) is 10.5. The molecule has 10 heteroatoms. The average Bonchev–Trinajstić information content (AvgIpc) is 3.47. The second-order valence-corrected chi connectivity index (χ2v) is 8.56. The molecule has 0 saturated carbocycles. The zero-order chi connectivity index (χ0) is 22.7. The summed E-state index contributed by atoms with van der Waals surface area (Å²) < 4.78 is 0. The molecule has 0 spiro atoms. The van der Waals surface area contributed by atoms with Crippen LogP contribution in [0.5, 0.6) is 0 Å². The highest BCUT2D eigenvalue weighted by Crippen LogP contribution is 2.29. The van der Waals surface area contributed by atoms with Crippen LogP contribution in [0.4, 0.5) is 16.5 Å². The first-order valence-electron chi connectivity index (χ1n) is 9.38. The van der Waals surface area contributed by atoms with Gasteiger partial charge in [0.1, 0.15) is 0 Å². The van der Waals surface area contributed by atoms with Crippen molar-refractivity contribution < 1.29 is 14.5 Å². The molecule has 0 unspecified atom stereocenters. The van der Waals surface area contributed by atoms with Crippen LogP contribution in [-0.2, 0) is 0 Å². The van der Waals surface area contributed by atoms with E-state index in [1.54, 1.807) is 60.8 Å². The summed E-state index contributed by atoms with van der Waals surface area (Å²) in [7, 11) is 0. The smallest absolute Gasteiger partial charge is 0.272 e. The maximum atomic E-state index is 12.5. The van der Waals surface area contributed by atoms with E-state index in [1.165, 1.54) is 28.7 Å². The number of anilines is 2. The molecule has 0 radical (unpaired) electrons. The van der Waals surface area contributed by atoms with Crippen molar-refractivity contribution in [2.24, 2.45) is 0 Å². The predicted molar refractivity (Wildman–Crippen MR) is 126 cm³/mol. The van der Waals surface area contributed by atoms with E-state index in [-0.39, 0.29) is 17.5 Å². The number of nitrogens with zero attached hydrogens (tertiary/aromatic N) is 2. The van der Waals surface area contributed by atoms with E-state index in [1.807, 2.05) is 5.38 Å². The van der Waals surface area contributed by atoms with Crippen LogP contribution in [0.15, 0.2) is 65.4 Å². The topological polar surface area (TPSA) is 114 Å². The largest absolute Gasteiger partial charge is 0.321 e. The van der Waals surface area contributed by atoms with Gasteiger partial charge in [0.2, 0.25) is 0 Å². The fourth-order valence-corrected chi connectivity index (χ4v) is 4.24. The Morgan fingerprint density at radius 2 is 1.78 bits per heavy atom. The summed E-state index contributed by atoms with van der Waals surface area (Å²) in [5, 5.41) is 20.6. The van der Waals surface area contributed by atoms with Crippen molar-refractivity contribution >= 4 is 51.0 Å². The second kappa shape index (κ2) is 9.08. The van der Waals surface area contributed by atoms with Crippen LogP contribution in [-0.4, -0.2) is 21.7 Å². The number of carbonyl (C=O) groups is 2. The Morgan fingerprint density at radius 1 is 1.00 bits per heavy atom. The highest BCUT2D eigenvalue weighted by atomic mass is 32.1. The van der Waals surface area contributed by atoms with Crippen molar-refractivity contribution in [2.75, 3.05) is 10.6 Å². The number of hydrogen-bond donors (Lipinski definition) is 2. The quantitative estimate of drug-likeness (QED) is 0.285. The third kappa shape index (κ3) is 4.71. The van der Waals surface area contributed by atoms with E-state index < -0.39 is 4.92 Å². The van der Waals surface area contributed by atoms with E-state index in [9.17, 15) is 19.7 Å². The minimum atomic E-state index is -0.430. The van der Waals surface area contributed by atoms with Gasteiger partial charge in [-0.3, -0.25) is 25.0 Å². The molecule has 2 aromatic carbocycles. The summed E-state index contributed by atoms with van der Waals surface area (Å²) in [6.45, 7) is 1.67. The molecule has 2 amide bonds. The fraction of sp³-hybridized carbons (Fsp3) is 0.0455. The lowest BCUT2D eigenvalue weighted by Crippen LogP contribution is -2.13. The standard InChI is InChI=1S/C22H16N4O4S2/c1-13-4-5-15(11-18(13)26(29)30)17-12-32-22(24-17)25-20(27)14-6-8-16(9-7-14)23-21(28)19-3-2-10-31-19/h2-12H,1H3,(H,23,28)(H,24,25,27). The van der Waals surface area contributed by atoms with Crippen LogP contribution in [0.2, 0.25) is 0 Å². The number of carbonyl (C=O) groups excluding carboxylic acids is 2. The van der Waals surface area contributed by atoms with Crippen LogP contribution in [0.1, 0.15) is 25.6 Å². The van der Waals surface area contributed by atoms with Crippen molar-refractivity contribution in [3.8, 4) is 11.3 Å². The molecular weight excluding hydrogens is 448 g/mol. The molecule has 2 N–H and O–H groups in total. The SMILES string of the molecule is Cc1ccc(-c2csc(NC(=O)c3ccc(NC(=O)c4cccs4)cc3)n2)cc1[N+](=O)[O-]. The van der Waals surface area contributed by atoms with Crippen LogP contribution in [0, 0.1) is 17.0 Å². The van der Waals surface area contributed by atoms with Crippen molar-refractivity contribution in [3.63, 3.8) is 0 Å². The molecule has 4 aromatic rings. The minimum absolute atomic E-state index is 0.0207. The van der Waals surface area contributed by atoms with Gasteiger partial charge in [0.25, 0.3) is 17.5 Å². The lowest BCUT2D eigenvalue weighted by Gasteiger charge is -2.06. The molecule has 0 bridgehead atoms. The second-order valence-electron chi connectivity index (χ2n) is 6.76. The van der Waals surface area contributed by atoms with E-state index in [0.717, 1.165) is 0 Å². The minimum Gasteiger partial charge on any atom is -0.321 e. The van der Waals surface area contributed by atoms with Gasteiger partial charge in [-0.1, -0.05) is 18.2 Å². The number of benzene rings is 2. The summed E-state index contributed by atoms with van der Waals surface area (Å²) in [6, 6.07) is 15.0. The Morgan fingerprint density at radius 3 is 2.47 bits per heavy atom. The molecule has 8 nitrogen and oxygen atoms in total. The van der Waals surface area contributed by atoms with Crippen LogP contribution in [0.3, 0.4) is 0 Å². The number of amides is 2. The van der Waals surface area contributed by atoms with E-state index >= 15 is 0 Å². The maximum Gasteiger partial charge on any atom is 0.272 e. The molecule has 0 fully saturated rings. The van der Waals surface area contributed by atoms with Crippen molar-refractivity contribution in [1.29, 1.82) is 0 Å². The Labute approximate surface area is 190 Å². The number of nitro groups is 1. The Kier molecular flexibility index (Phi) is 6.06. The highest BCUT2D eigenvalue weighted by Gasteiger charge is 2.15. The van der Waals surface area contributed by atoms with Gasteiger partial charge >= 0.3 is 0 Å². The molecular formula is C22H16N4O4S2. The molecule has 2 aromatic heterocycles. The third-order valence-corrected chi connectivity index (χ3v) is 6.20. The van der Waals surface area contributed by atoms with E-state index in [0.29, 0.717) is 38.1 Å². The van der Waals surface area contributed by atoms with Gasteiger partial charge in [-0.2, -0.15) is 0 Å². The van der Waals surface area contributed by atoms with Crippen molar-refractivity contribution in [1.82, 2.24) is 4.98 Å². The van der Waals surface area contributed by atoms with Crippen molar-refractivity contribution in [3.05, 3.63) is 91.5 Å². The highest BCUT2D eigenvalue weighted by molar-refractivity contribution is 7.14. The van der Waals surface area contributed by atoms with Gasteiger partial charge in [-0.15, -0.1) is 22.7 Å². The molecule has 0 atom stereocenters. The maximum absolute atomic E-state index is 12.5. The molecule has 0 aliphatic rings. The van der Waals surface area contributed by atoms with E-state index in [4.69, 9.17) is 0 Å². The number of nitro benzene ring substituents is 1. The fourth-order valence-electron chi connectivity index (χ4n) is 2.90. The lowest BCUT2D eigenvalue weighted by atomic mass is 10.1. The molecule has 0 saturated heterocycles. The summed E-state index contributed by atoms with van der Waals surface area (Å²) >= 11 is 2.57. The first-order chi connectivity index (χ1) is 15.4. The number of aryl methyl sites for hydroxylation is 1. The molecule has 2 heterocycles. The number of nitrogens with one attached hydrogen (secondary N) is 2. The summed E-state index contributed by atoms with van der Waals surface area (Å²) in [4.78, 5) is 40.4.